The van der Waals surface area contributed by atoms with E-state index in [1.54, 1.807) is 18.3 Å². The number of carboxylic acid groups (broad SMARTS) is 1. The van der Waals surface area contributed by atoms with Crippen molar-refractivity contribution in [2.45, 2.75) is 39.4 Å². The zero-order valence-corrected chi connectivity index (χ0v) is 13.1. The van der Waals surface area contributed by atoms with Gasteiger partial charge in [-0.2, -0.15) is 0 Å². The number of nitrogens with zero attached hydrogens (tertiary/aromatic N) is 2. The summed E-state index contributed by atoms with van der Waals surface area (Å²) in [6.07, 6.45) is 4.73. The van der Waals surface area contributed by atoms with Gasteiger partial charge in [-0.1, -0.05) is 25.1 Å². The van der Waals surface area contributed by atoms with Crippen molar-refractivity contribution in [1.82, 2.24) is 9.88 Å². The molecule has 0 fully saturated rings. The third kappa shape index (κ3) is 4.40. The second kappa shape index (κ2) is 7.71. The van der Waals surface area contributed by atoms with Crippen molar-refractivity contribution in [2.24, 2.45) is 0 Å². The zero-order chi connectivity index (χ0) is 15.9. The van der Waals surface area contributed by atoms with Gasteiger partial charge in [-0.05, 0) is 42.7 Å². The Labute approximate surface area is 131 Å². The molecule has 1 aromatic heterocycles. The SMILES string of the molecule is CC[C@H](C)N(Cc1ccc(C(=O)O)cc1)Cc1cccnc1. The molecule has 2 rings (SSSR count). The zero-order valence-electron chi connectivity index (χ0n) is 13.1. The van der Waals surface area contributed by atoms with Crippen molar-refractivity contribution >= 4 is 5.97 Å². The van der Waals surface area contributed by atoms with E-state index in [0.717, 1.165) is 25.1 Å². The van der Waals surface area contributed by atoms with Crippen LogP contribution in [0.5, 0.6) is 0 Å². The molecule has 0 aliphatic carbocycles. The molecule has 0 spiro atoms. The summed E-state index contributed by atoms with van der Waals surface area (Å²) in [5, 5.41) is 8.96. The van der Waals surface area contributed by atoms with Gasteiger partial charge in [0.2, 0.25) is 0 Å². The molecular formula is C18H22N2O2. The summed E-state index contributed by atoms with van der Waals surface area (Å²) in [5.74, 6) is -0.888. The largest absolute Gasteiger partial charge is 0.478 e. The third-order valence-corrected chi connectivity index (χ3v) is 3.91. The first-order valence-electron chi connectivity index (χ1n) is 7.55. The van der Waals surface area contributed by atoms with E-state index in [2.05, 4.69) is 29.8 Å². The van der Waals surface area contributed by atoms with E-state index in [1.165, 1.54) is 5.56 Å². The Morgan fingerprint density at radius 3 is 2.41 bits per heavy atom. The monoisotopic (exact) mass is 298 g/mol. The van der Waals surface area contributed by atoms with Crippen LogP contribution in [0.4, 0.5) is 0 Å². The molecule has 22 heavy (non-hydrogen) atoms. The quantitative estimate of drug-likeness (QED) is 0.849. The van der Waals surface area contributed by atoms with Gasteiger partial charge >= 0.3 is 5.97 Å². The summed E-state index contributed by atoms with van der Waals surface area (Å²) in [6.45, 7) is 6.02. The molecule has 0 radical (unpaired) electrons. The molecule has 2 aromatic rings. The van der Waals surface area contributed by atoms with E-state index in [-0.39, 0.29) is 0 Å². The van der Waals surface area contributed by atoms with Crippen molar-refractivity contribution < 1.29 is 9.90 Å². The molecule has 1 heterocycles. The number of hydrogen-bond donors (Lipinski definition) is 1. The Morgan fingerprint density at radius 2 is 1.86 bits per heavy atom. The second-order valence-electron chi connectivity index (χ2n) is 5.53. The molecule has 4 heteroatoms. The van der Waals surface area contributed by atoms with E-state index in [9.17, 15) is 4.79 Å². The summed E-state index contributed by atoms with van der Waals surface area (Å²) in [5.41, 5.74) is 2.63. The smallest absolute Gasteiger partial charge is 0.335 e. The number of aromatic carboxylic acids is 1. The van der Waals surface area contributed by atoms with Gasteiger partial charge < -0.3 is 5.11 Å². The average molecular weight is 298 g/mol. The molecule has 1 aromatic carbocycles. The fraction of sp³-hybridized carbons (Fsp3) is 0.333. The number of benzene rings is 1. The maximum atomic E-state index is 10.9. The van der Waals surface area contributed by atoms with Crippen molar-refractivity contribution in [3.63, 3.8) is 0 Å². The first kappa shape index (κ1) is 16.2. The molecule has 4 nitrogen and oxygen atoms in total. The number of aromatic nitrogens is 1. The van der Waals surface area contributed by atoms with Gasteiger partial charge in [-0.3, -0.25) is 9.88 Å². The fourth-order valence-corrected chi connectivity index (χ4v) is 2.34. The highest BCUT2D eigenvalue weighted by atomic mass is 16.4. The Morgan fingerprint density at radius 1 is 1.18 bits per heavy atom. The molecule has 0 unspecified atom stereocenters. The van der Waals surface area contributed by atoms with Crippen LogP contribution in [-0.2, 0) is 13.1 Å². The van der Waals surface area contributed by atoms with Gasteiger partial charge in [0, 0.05) is 31.5 Å². The van der Waals surface area contributed by atoms with Crippen LogP contribution in [0.3, 0.4) is 0 Å². The number of rotatable bonds is 7. The minimum atomic E-state index is -0.888. The molecule has 1 N–H and O–H groups in total. The molecule has 0 saturated heterocycles. The maximum Gasteiger partial charge on any atom is 0.335 e. The lowest BCUT2D eigenvalue weighted by molar-refractivity contribution is 0.0697. The van der Waals surface area contributed by atoms with Gasteiger partial charge in [0.25, 0.3) is 0 Å². The van der Waals surface area contributed by atoms with E-state index in [1.807, 2.05) is 24.4 Å². The molecule has 0 aliphatic heterocycles. The van der Waals surface area contributed by atoms with Crippen molar-refractivity contribution in [1.29, 1.82) is 0 Å². The lowest BCUT2D eigenvalue weighted by atomic mass is 10.1. The first-order valence-corrected chi connectivity index (χ1v) is 7.55. The fourth-order valence-electron chi connectivity index (χ4n) is 2.34. The minimum Gasteiger partial charge on any atom is -0.478 e. The summed E-state index contributed by atoms with van der Waals surface area (Å²) in [7, 11) is 0. The van der Waals surface area contributed by atoms with Gasteiger partial charge in [-0.25, -0.2) is 4.79 Å². The molecular weight excluding hydrogens is 276 g/mol. The lowest BCUT2D eigenvalue weighted by Gasteiger charge is -2.28. The minimum absolute atomic E-state index is 0.325. The van der Waals surface area contributed by atoms with Crippen molar-refractivity contribution in [2.75, 3.05) is 0 Å². The van der Waals surface area contributed by atoms with E-state index >= 15 is 0 Å². The van der Waals surface area contributed by atoms with Crippen molar-refractivity contribution in [3.05, 3.63) is 65.5 Å². The number of hydrogen-bond acceptors (Lipinski definition) is 3. The Balaban J connectivity index is 2.11. The molecule has 0 amide bonds. The average Bonchev–Trinajstić information content (AvgIpc) is 2.55. The lowest BCUT2D eigenvalue weighted by Crippen LogP contribution is -2.31. The van der Waals surface area contributed by atoms with Crippen LogP contribution in [0.2, 0.25) is 0 Å². The predicted molar refractivity (Wildman–Crippen MR) is 86.6 cm³/mol. The summed E-state index contributed by atoms with van der Waals surface area (Å²) in [6, 6.07) is 11.6. The summed E-state index contributed by atoms with van der Waals surface area (Å²) >= 11 is 0. The van der Waals surface area contributed by atoms with Gasteiger partial charge in [-0.15, -0.1) is 0 Å². The van der Waals surface area contributed by atoms with Gasteiger partial charge in [0.15, 0.2) is 0 Å². The number of carbonyl (C=O) groups is 1. The van der Waals surface area contributed by atoms with Crippen LogP contribution in [0.25, 0.3) is 0 Å². The van der Waals surface area contributed by atoms with Crippen molar-refractivity contribution in [3.8, 4) is 0 Å². The van der Waals surface area contributed by atoms with Gasteiger partial charge in [0.1, 0.15) is 0 Å². The van der Waals surface area contributed by atoms with Crippen LogP contribution < -0.4 is 0 Å². The molecule has 0 bridgehead atoms. The maximum absolute atomic E-state index is 10.9. The molecule has 116 valence electrons. The third-order valence-electron chi connectivity index (χ3n) is 3.91. The van der Waals surface area contributed by atoms with Crippen LogP contribution in [0, 0.1) is 0 Å². The highest BCUT2D eigenvalue weighted by molar-refractivity contribution is 5.87. The van der Waals surface area contributed by atoms with Gasteiger partial charge in [0.05, 0.1) is 5.56 Å². The van der Waals surface area contributed by atoms with E-state index in [4.69, 9.17) is 5.11 Å². The standard InChI is InChI=1S/C18H22N2O2/c1-3-14(2)20(13-16-5-4-10-19-11-16)12-15-6-8-17(9-7-15)18(21)22/h4-11,14H,3,12-13H2,1-2H3,(H,21,22)/t14-/m0/s1. The Bertz CT molecular complexity index is 596. The Kier molecular flexibility index (Phi) is 5.67. The molecule has 0 saturated carbocycles. The molecule has 0 aliphatic rings. The summed E-state index contributed by atoms with van der Waals surface area (Å²) in [4.78, 5) is 17.5. The van der Waals surface area contributed by atoms with Crippen LogP contribution in [0.15, 0.2) is 48.8 Å². The highest BCUT2D eigenvalue weighted by Gasteiger charge is 2.14. The van der Waals surface area contributed by atoms with Crippen LogP contribution >= 0.6 is 0 Å². The second-order valence-corrected chi connectivity index (χ2v) is 5.53. The van der Waals surface area contributed by atoms with E-state index in [0.29, 0.717) is 11.6 Å². The van der Waals surface area contributed by atoms with Crippen LogP contribution in [-0.4, -0.2) is 27.0 Å². The Hall–Kier alpha value is -2.20. The predicted octanol–water partition coefficient (Wildman–Crippen LogP) is 3.58. The molecule has 1 atom stereocenters. The normalized spacial score (nSPS) is 12.3. The summed E-state index contributed by atoms with van der Waals surface area (Å²) < 4.78 is 0. The van der Waals surface area contributed by atoms with E-state index < -0.39 is 5.97 Å². The first-order chi connectivity index (χ1) is 10.6. The number of carboxylic acids is 1. The topological polar surface area (TPSA) is 53.4 Å². The van der Waals surface area contributed by atoms with Crippen LogP contribution in [0.1, 0.15) is 41.8 Å². The number of pyridine rings is 1. The highest BCUT2D eigenvalue weighted by Crippen LogP contribution is 2.15.